The number of piperidine rings is 1. The van der Waals surface area contributed by atoms with E-state index in [1.54, 1.807) is 0 Å². The zero-order valence-electron chi connectivity index (χ0n) is 16.9. The van der Waals surface area contributed by atoms with Crippen molar-refractivity contribution in [2.75, 3.05) is 26.2 Å². The van der Waals surface area contributed by atoms with Gasteiger partial charge in [-0.05, 0) is 75.5 Å². The van der Waals surface area contributed by atoms with Crippen LogP contribution in [0.4, 0.5) is 0 Å². The molecule has 6 heteroatoms. The van der Waals surface area contributed by atoms with E-state index in [9.17, 15) is 0 Å². The lowest BCUT2D eigenvalue weighted by Crippen LogP contribution is -2.38. The first kappa shape index (κ1) is 20.2. The molecule has 0 unspecified atom stereocenters. The number of aromatic nitrogens is 2. The van der Waals surface area contributed by atoms with E-state index in [1.165, 1.54) is 37.9 Å². The Bertz CT molecular complexity index is 943. The smallest absolute Gasteiger partial charge is 0.154 e. The minimum atomic E-state index is 0. The van der Waals surface area contributed by atoms with E-state index in [1.807, 2.05) is 29.8 Å². The number of hydrogen-bond donors (Lipinski definition) is 1. The number of benzene rings is 1. The fourth-order valence-electron chi connectivity index (χ4n) is 4.78. The minimum absolute atomic E-state index is 0. The Balaban J connectivity index is 0.00000205. The Morgan fingerprint density at radius 3 is 2.59 bits per heavy atom. The van der Waals surface area contributed by atoms with Gasteiger partial charge in [-0.1, -0.05) is 18.2 Å². The van der Waals surface area contributed by atoms with Gasteiger partial charge in [0.2, 0.25) is 0 Å². The van der Waals surface area contributed by atoms with E-state index in [0.717, 1.165) is 42.5 Å². The molecule has 0 aliphatic carbocycles. The summed E-state index contributed by atoms with van der Waals surface area (Å²) in [4.78, 5) is 2.61. The molecule has 1 spiro atoms. The average molecular weight is 413 g/mol. The number of nitrogens with one attached hydrogen (secondary N) is 1. The maximum absolute atomic E-state index is 5.93. The van der Waals surface area contributed by atoms with Gasteiger partial charge < -0.3 is 9.73 Å². The largest absolute Gasteiger partial charge is 0.460 e. The first-order valence-corrected chi connectivity index (χ1v) is 10.3. The van der Waals surface area contributed by atoms with Gasteiger partial charge in [-0.25, -0.2) is 4.68 Å². The molecule has 2 saturated heterocycles. The minimum Gasteiger partial charge on any atom is -0.460 e. The number of para-hydroxylation sites is 1. The second-order valence-corrected chi connectivity index (χ2v) is 8.40. The summed E-state index contributed by atoms with van der Waals surface area (Å²) in [6.07, 6.45) is 6.10. The summed E-state index contributed by atoms with van der Waals surface area (Å²) >= 11 is 0. The van der Waals surface area contributed by atoms with Crippen LogP contribution in [0.1, 0.15) is 30.6 Å². The van der Waals surface area contributed by atoms with Crippen LogP contribution in [0.5, 0.6) is 0 Å². The van der Waals surface area contributed by atoms with Crippen LogP contribution in [-0.2, 0) is 6.54 Å². The van der Waals surface area contributed by atoms with Crippen LogP contribution in [0.3, 0.4) is 0 Å². The molecule has 5 nitrogen and oxygen atoms in total. The van der Waals surface area contributed by atoms with Crippen molar-refractivity contribution in [3.8, 4) is 17.1 Å². The van der Waals surface area contributed by atoms with E-state index in [4.69, 9.17) is 9.52 Å². The number of rotatable bonds is 4. The van der Waals surface area contributed by atoms with Gasteiger partial charge in [0.15, 0.2) is 5.76 Å². The van der Waals surface area contributed by atoms with E-state index >= 15 is 0 Å². The summed E-state index contributed by atoms with van der Waals surface area (Å²) in [5.74, 6) is 1.78. The van der Waals surface area contributed by atoms with Crippen molar-refractivity contribution in [2.45, 2.75) is 32.7 Å². The molecule has 2 aliphatic rings. The maximum atomic E-state index is 5.93. The predicted molar refractivity (Wildman–Crippen MR) is 118 cm³/mol. The van der Waals surface area contributed by atoms with Crippen molar-refractivity contribution in [1.82, 2.24) is 20.0 Å². The normalized spacial score (nSPS) is 18.8. The summed E-state index contributed by atoms with van der Waals surface area (Å²) in [6, 6.07) is 14.4. The van der Waals surface area contributed by atoms with Crippen molar-refractivity contribution in [2.24, 2.45) is 5.41 Å². The van der Waals surface area contributed by atoms with Gasteiger partial charge in [-0.3, -0.25) is 4.90 Å². The molecular formula is C23H29ClN4O. The third-order valence-corrected chi connectivity index (χ3v) is 6.36. The van der Waals surface area contributed by atoms with Gasteiger partial charge >= 0.3 is 0 Å². The zero-order chi connectivity index (χ0) is 19.0. The monoisotopic (exact) mass is 412 g/mol. The van der Waals surface area contributed by atoms with Crippen LogP contribution in [-0.4, -0.2) is 40.9 Å². The zero-order valence-corrected chi connectivity index (χ0v) is 17.8. The third-order valence-electron chi connectivity index (χ3n) is 6.36. The average Bonchev–Trinajstić information content (AvgIpc) is 3.43. The Hall–Kier alpha value is -2.08. The lowest BCUT2D eigenvalue weighted by molar-refractivity contribution is 0.194. The second-order valence-electron chi connectivity index (χ2n) is 8.40. The topological polar surface area (TPSA) is 46.2 Å². The van der Waals surface area contributed by atoms with E-state index in [-0.39, 0.29) is 12.4 Å². The molecule has 29 heavy (non-hydrogen) atoms. The Morgan fingerprint density at radius 1 is 1.07 bits per heavy atom. The van der Waals surface area contributed by atoms with Crippen LogP contribution in [0, 0.1) is 12.3 Å². The predicted octanol–water partition coefficient (Wildman–Crippen LogP) is 4.44. The molecule has 3 aromatic rings. The first-order chi connectivity index (χ1) is 13.7. The van der Waals surface area contributed by atoms with E-state index in [2.05, 4.69) is 40.7 Å². The van der Waals surface area contributed by atoms with Gasteiger partial charge in [0, 0.05) is 24.8 Å². The molecule has 0 radical (unpaired) electrons. The molecule has 0 saturated carbocycles. The molecule has 154 valence electrons. The lowest BCUT2D eigenvalue weighted by atomic mass is 9.78. The van der Waals surface area contributed by atoms with Crippen molar-refractivity contribution in [3.05, 3.63) is 60.0 Å². The second kappa shape index (κ2) is 8.34. The van der Waals surface area contributed by atoms with Crippen LogP contribution in [0.2, 0.25) is 0 Å². The van der Waals surface area contributed by atoms with Crippen LogP contribution in [0.15, 0.2) is 53.1 Å². The number of nitrogens with zero attached hydrogens (tertiary/aromatic N) is 3. The van der Waals surface area contributed by atoms with Gasteiger partial charge in [0.25, 0.3) is 0 Å². The molecule has 1 aromatic carbocycles. The highest BCUT2D eigenvalue weighted by Gasteiger charge is 2.39. The summed E-state index contributed by atoms with van der Waals surface area (Å²) in [5.41, 5.74) is 3.80. The molecule has 1 N–H and O–H groups in total. The quantitative estimate of drug-likeness (QED) is 0.688. The van der Waals surface area contributed by atoms with Crippen molar-refractivity contribution < 1.29 is 4.42 Å². The van der Waals surface area contributed by atoms with Crippen molar-refractivity contribution >= 4 is 12.4 Å². The maximum Gasteiger partial charge on any atom is 0.154 e. The summed E-state index contributed by atoms with van der Waals surface area (Å²) in [7, 11) is 0. The van der Waals surface area contributed by atoms with Crippen LogP contribution >= 0.6 is 12.4 Å². The first-order valence-electron chi connectivity index (χ1n) is 10.3. The molecular weight excluding hydrogens is 384 g/mol. The Labute approximate surface area is 178 Å². The highest BCUT2D eigenvalue weighted by Crippen LogP contribution is 2.39. The fourth-order valence-corrected chi connectivity index (χ4v) is 4.78. The molecule has 2 fully saturated rings. The van der Waals surface area contributed by atoms with Crippen LogP contribution < -0.4 is 5.32 Å². The molecule has 0 atom stereocenters. The number of aryl methyl sites for hydroxylation is 1. The standard InChI is InChI=1S/C23H28N4O.ClH/c1-18-7-8-21(28-18)22-19(16-27(25-22)20-5-3-2-4-6-20)15-26-14-11-23(17-26)9-12-24-13-10-23;/h2-8,16,24H,9-15,17H2,1H3;1H. The van der Waals surface area contributed by atoms with Gasteiger partial charge in [0.05, 0.1) is 5.69 Å². The molecule has 4 heterocycles. The Kier molecular flexibility index (Phi) is 5.81. The van der Waals surface area contributed by atoms with E-state index in [0.29, 0.717) is 5.41 Å². The highest BCUT2D eigenvalue weighted by molar-refractivity contribution is 5.85. The van der Waals surface area contributed by atoms with Crippen molar-refractivity contribution in [3.63, 3.8) is 0 Å². The summed E-state index contributed by atoms with van der Waals surface area (Å²) < 4.78 is 7.92. The van der Waals surface area contributed by atoms with E-state index < -0.39 is 0 Å². The fraction of sp³-hybridized carbons (Fsp3) is 0.435. The number of furan rings is 1. The molecule has 0 bridgehead atoms. The molecule has 2 aromatic heterocycles. The Morgan fingerprint density at radius 2 is 1.86 bits per heavy atom. The van der Waals surface area contributed by atoms with Gasteiger partial charge in [0.1, 0.15) is 11.5 Å². The SMILES string of the molecule is Cc1ccc(-c2nn(-c3ccccc3)cc2CN2CCC3(CCNCC3)C2)o1.Cl. The van der Waals surface area contributed by atoms with Gasteiger partial charge in [-0.15, -0.1) is 12.4 Å². The number of hydrogen-bond acceptors (Lipinski definition) is 4. The van der Waals surface area contributed by atoms with Crippen LogP contribution in [0.25, 0.3) is 17.1 Å². The molecule has 0 amide bonds. The number of halogens is 1. The summed E-state index contributed by atoms with van der Waals surface area (Å²) in [5, 5.41) is 8.41. The third kappa shape index (κ3) is 4.13. The number of likely N-dealkylation sites (tertiary alicyclic amines) is 1. The molecule has 5 rings (SSSR count). The summed E-state index contributed by atoms with van der Waals surface area (Å²) in [6.45, 7) is 7.61. The van der Waals surface area contributed by atoms with Crippen molar-refractivity contribution in [1.29, 1.82) is 0 Å². The highest BCUT2D eigenvalue weighted by atomic mass is 35.5. The lowest BCUT2D eigenvalue weighted by Gasteiger charge is -2.33. The van der Waals surface area contributed by atoms with Gasteiger partial charge in [-0.2, -0.15) is 5.10 Å². The molecule has 2 aliphatic heterocycles.